The molecule has 0 aromatic heterocycles. The monoisotopic (exact) mass is 337 g/mol. The lowest BCUT2D eigenvalue weighted by molar-refractivity contribution is 0.0457. The average molecular weight is 338 g/mol. The molecule has 0 spiro atoms. The van der Waals surface area contributed by atoms with Crippen molar-refractivity contribution in [3.8, 4) is 5.75 Å². The number of nitrogen functional groups attached to an aromatic ring is 1. The Morgan fingerprint density at radius 2 is 2.17 bits per heavy atom. The Kier molecular flexibility index (Phi) is 4.69. The van der Waals surface area contributed by atoms with Crippen molar-refractivity contribution in [2.24, 2.45) is 0 Å². The van der Waals surface area contributed by atoms with Crippen molar-refractivity contribution in [3.05, 3.63) is 22.7 Å². The second-order valence-corrected chi connectivity index (χ2v) is 7.16. The number of fused-ring (bicyclic) bond motifs is 1. The number of phenols is 1. The van der Waals surface area contributed by atoms with Crippen LogP contribution in [0.4, 0.5) is 5.69 Å². The molecule has 2 saturated heterocycles. The summed E-state index contributed by atoms with van der Waals surface area (Å²) >= 11 is 5.96. The minimum atomic E-state index is -0.285. The molecule has 0 radical (unpaired) electrons. The maximum Gasteiger partial charge on any atom is 0.255 e. The molecule has 1 aromatic carbocycles. The molecule has 1 amide bonds. The normalized spacial score (nSPS) is 28.2. The fourth-order valence-corrected chi connectivity index (χ4v) is 4.07. The van der Waals surface area contributed by atoms with E-state index in [2.05, 4.69) is 17.1 Å². The first kappa shape index (κ1) is 16.4. The van der Waals surface area contributed by atoms with Crippen molar-refractivity contribution in [1.82, 2.24) is 10.2 Å². The van der Waals surface area contributed by atoms with E-state index in [-0.39, 0.29) is 34.0 Å². The molecule has 3 rings (SSSR count). The highest BCUT2D eigenvalue weighted by molar-refractivity contribution is 6.33. The fourth-order valence-electron chi connectivity index (χ4n) is 3.90. The number of rotatable bonds is 2. The second-order valence-electron chi connectivity index (χ2n) is 6.76. The highest BCUT2D eigenvalue weighted by Crippen LogP contribution is 2.31. The first-order chi connectivity index (χ1) is 11.0. The maximum atomic E-state index is 12.4. The van der Waals surface area contributed by atoms with Gasteiger partial charge in [0, 0.05) is 30.7 Å². The number of nitrogens with one attached hydrogen (secondary N) is 1. The van der Waals surface area contributed by atoms with Crippen LogP contribution in [-0.4, -0.2) is 40.6 Å². The van der Waals surface area contributed by atoms with Gasteiger partial charge in [-0.1, -0.05) is 18.0 Å². The molecule has 2 heterocycles. The predicted octanol–water partition coefficient (Wildman–Crippen LogP) is 2.76. The zero-order chi connectivity index (χ0) is 16.6. The third-order valence-electron chi connectivity index (χ3n) is 5.18. The topological polar surface area (TPSA) is 78.6 Å². The molecule has 0 unspecified atom stereocenters. The van der Waals surface area contributed by atoms with E-state index in [1.54, 1.807) is 0 Å². The van der Waals surface area contributed by atoms with E-state index in [9.17, 15) is 9.90 Å². The lowest BCUT2D eigenvalue weighted by Crippen LogP contribution is -2.54. The van der Waals surface area contributed by atoms with E-state index in [1.165, 1.54) is 31.4 Å². The molecule has 1 aromatic rings. The molecule has 0 bridgehead atoms. The van der Waals surface area contributed by atoms with E-state index in [4.69, 9.17) is 17.3 Å². The van der Waals surface area contributed by atoms with Crippen LogP contribution in [-0.2, 0) is 0 Å². The van der Waals surface area contributed by atoms with Crippen LogP contribution < -0.4 is 11.1 Å². The summed E-state index contributed by atoms with van der Waals surface area (Å²) in [5.41, 5.74) is 6.08. The zero-order valence-corrected chi connectivity index (χ0v) is 14.1. The lowest BCUT2D eigenvalue weighted by Gasteiger charge is -2.46. The fraction of sp³-hybridized carbons (Fsp3) is 0.588. The minimum absolute atomic E-state index is 0.131. The first-order valence-electron chi connectivity index (χ1n) is 8.30. The minimum Gasteiger partial charge on any atom is -0.507 e. The van der Waals surface area contributed by atoms with Crippen LogP contribution in [0.2, 0.25) is 5.02 Å². The van der Waals surface area contributed by atoms with E-state index in [1.807, 2.05) is 0 Å². The lowest BCUT2D eigenvalue weighted by atomic mass is 9.87. The van der Waals surface area contributed by atoms with Crippen molar-refractivity contribution in [2.75, 3.05) is 12.3 Å². The highest BCUT2D eigenvalue weighted by Gasteiger charge is 2.34. The molecule has 6 heteroatoms. The molecular weight excluding hydrogens is 314 g/mol. The summed E-state index contributed by atoms with van der Waals surface area (Å²) < 4.78 is 0. The Labute approximate surface area is 141 Å². The molecule has 5 nitrogen and oxygen atoms in total. The summed E-state index contributed by atoms with van der Waals surface area (Å²) in [6.07, 6.45) is 5.65. The molecule has 0 saturated carbocycles. The summed E-state index contributed by atoms with van der Waals surface area (Å²) in [6, 6.07) is 4.10. The number of piperidine rings is 2. The summed E-state index contributed by atoms with van der Waals surface area (Å²) in [4.78, 5) is 15.0. The summed E-state index contributed by atoms with van der Waals surface area (Å²) in [6.45, 7) is 3.31. The molecule has 2 fully saturated rings. The summed E-state index contributed by atoms with van der Waals surface area (Å²) in [5, 5.41) is 13.3. The van der Waals surface area contributed by atoms with Crippen LogP contribution in [0.3, 0.4) is 0 Å². The number of benzene rings is 1. The number of hydrogen-bond acceptors (Lipinski definition) is 4. The van der Waals surface area contributed by atoms with Gasteiger partial charge in [-0.2, -0.15) is 0 Å². The maximum absolute atomic E-state index is 12.4. The molecule has 126 valence electrons. The van der Waals surface area contributed by atoms with E-state index >= 15 is 0 Å². The molecule has 0 aliphatic carbocycles. The van der Waals surface area contributed by atoms with Crippen molar-refractivity contribution >= 4 is 23.2 Å². The molecular formula is C17H24ClN3O2. The van der Waals surface area contributed by atoms with E-state index < -0.39 is 0 Å². The summed E-state index contributed by atoms with van der Waals surface area (Å²) in [5.74, 6) is -0.417. The molecule has 4 N–H and O–H groups in total. The van der Waals surface area contributed by atoms with Crippen molar-refractivity contribution in [1.29, 1.82) is 0 Å². The zero-order valence-electron chi connectivity index (χ0n) is 13.4. The van der Waals surface area contributed by atoms with E-state index in [0.29, 0.717) is 12.1 Å². The van der Waals surface area contributed by atoms with Crippen molar-refractivity contribution in [3.63, 3.8) is 0 Å². The van der Waals surface area contributed by atoms with Crippen LogP contribution in [0.15, 0.2) is 12.1 Å². The van der Waals surface area contributed by atoms with Crippen molar-refractivity contribution in [2.45, 2.75) is 57.2 Å². The van der Waals surface area contributed by atoms with Crippen molar-refractivity contribution < 1.29 is 9.90 Å². The number of aromatic hydroxyl groups is 1. The molecule has 2 aliphatic rings. The Morgan fingerprint density at radius 1 is 1.39 bits per heavy atom. The Balaban J connectivity index is 1.66. The van der Waals surface area contributed by atoms with Gasteiger partial charge in [-0.25, -0.2) is 0 Å². The van der Waals surface area contributed by atoms with Crippen LogP contribution in [0.25, 0.3) is 0 Å². The van der Waals surface area contributed by atoms with Gasteiger partial charge in [-0.05, 0) is 38.7 Å². The number of nitrogens with two attached hydrogens (primary N) is 1. The summed E-state index contributed by atoms with van der Waals surface area (Å²) in [7, 11) is 0. The SMILES string of the molecule is C[C@@H]1CCC[C@@H]2C[C@H](NC(=O)c3cc(Cl)c(N)cc3O)CCN21. The third-order valence-corrected chi connectivity index (χ3v) is 5.51. The number of amides is 1. The largest absolute Gasteiger partial charge is 0.507 e. The number of phenolic OH excluding ortho intramolecular Hbond substituents is 1. The van der Waals surface area contributed by atoms with Crippen LogP contribution in [0.1, 0.15) is 49.4 Å². The quantitative estimate of drug-likeness (QED) is 0.725. The second kappa shape index (κ2) is 6.57. The number of halogens is 1. The molecule has 2 aliphatic heterocycles. The van der Waals surface area contributed by atoms with Gasteiger partial charge in [0.2, 0.25) is 0 Å². The predicted molar refractivity (Wildman–Crippen MR) is 91.8 cm³/mol. The van der Waals surface area contributed by atoms with Crippen LogP contribution in [0, 0.1) is 0 Å². The van der Waals surface area contributed by atoms with Gasteiger partial charge in [-0.15, -0.1) is 0 Å². The Bertz CT molecular complexity index is 608. The van der Waals surface area contributed by atoms with Gasteiger partial charge in [0.1, 0.15) is 5.75 Å². The van der Waals surface area contributed by atoms with Crippen LogP contribution in [0.5, 0.6) is 5.75 Å². The van der Waals surface area contributed by atoms with Gasteiger partial charge in [0.25, 0.3) is 5.91 Å². The van der Waals surface area contributed by atoms with Gasteiger partial charge >= 0.3 is 0 Å². The van der Waals surface area contributed by atoms with Gasteiger partial charge in [0.15, 0.2) is 0 Å². The van der Waals surface area contributed by atoms with E-state index in [0.717, 1.165) is 19.4 Å². The average Bonchev–Trinajstić information content (AvgIpc) is 2.51. The first-order valence-corrected chi connectivity index (χ1v) is 8.68. The van der Waals surface area contributed by atoms with Gasteiger partial charge < -0.3 is 16.2 Å². The van der Waals surface area contributed by atoms with Gasteiger partial charge in [-0.3, -0.25) is 9.69 Å². The molecule has 23 heavy (non-hydrogen) atoms. The third kappa shape index (κ3) is 3.40. The number of nitrogens with zero attached hydrogens (tertiary/aromatic N) is 1. The highest BCUT2D eigenvalue weighted by atomic mass is 35.5. The number of hydrogen-bond donors (Lipinski definition) is 3. The Morgan fingerprint density at radius 3 is 2.96 bits per heavy atom. The smallest absolute Gasteiger partial charge is 0.255 e. The standard InChI is InChI=1S/C17H24ClN3O2/c1-10-3-2-4-12-7-11(5-6-21(10)12)20-17(23)13-8-14(18)15(19)9-16(13)22/h8-12,22H,2-7,19H2,1H3,(H,20,23)/t10-,11-,12-/m1/s1. The number of anilines is 1. The Hall–Kier alpha value is -1.46. The number of carbonyl (C=O) groups excluding carboxylic acids is 1. The number of carbonyl (C=O) groups is 1. The van der Waals surface area contributed by atoms with Gasteiger partial charge in [0.05, 0.1) is 16.3 Å². The molecule has 3 atom stereocenters. The van der Waals surface area contributed by atoms with Crippen LogP contribution >= 0.6 is 11.6 Å².